The van der Waals surface area contributed by atoms with Gasteiger partial charge in [-0.3, -0.25) is 19.0 Å². The topological polar surface area (TPSA) is 89.8 Å². The largest absolute Gasteiger partial charge is 0.396 e. The molecular weight excluding hydrogens is 392 g/mol. The standard InChI is InChI=1S/C20H23ClN6O2/c21-15-1-2-18-24-16(3-19(29)27(18)7-15)8-25-5-14-6-26(9-17-4-22-13-23-17)11-20(14,10-25)12-28/h1-4,7,13-14,28H,5-6,8-12H2,(H,22,23). The number of hydrogen-bond acceptors (Lipinski definition) is 6. The Bertz CT molecular complexity index is 1080. The van der Waals surface area contributed by atoms with Gasteiger partial charge in [0.25, 0.3) is 5.56 Å². The summed E-state index contributed by atoms with van der Waals surface area (Å²) in [5.74, 6) is 0.399. The minimum atomic E-state index is -0.130. The third kappa shape index (κ3) is 3.46. The normalized spacial score (nSPS) is 25.1. The van der Waals surface area contributed by atoms with Crippen LogP contribution in [0.2, 0.25) is 5.02 Å². The van der Waals surface area contributed by atoms with Gasteiger partial charge in [-0.05, 0) is 18.1 Å². The summed E-state index contributed by atoms with van der Waals surface area (Å²) < 4.78 is 1.47. The summed E-state index contributed by atoms with van der Waals surface area (Å²) in [4.78, 5) is 29.0. The van der Waals surface area contributed by atoms with Crippen LogP contribution in [0.25, 0.3) is 5.65 Å². The van der Waals surface area contributed by atoms with Crippen LogP contribution in [0, 0.1) is 11.3 Å². The van der Waals surface area contributed by atoms with E-state index in [1.807, 2.05) is 6.20 Å². The fourth-order valence-electron chi connectivity index (χ4n) is 4.91. The van der Waals surface area contributed by atoms with E-state index < -0.39 is 0 Å². The van der Waals surface area contributed by atoms with Crippen molar-refractivity contribution in [1.82, 2.24) is 29.2 Å². The lowest BCUT2D eigenvalue weighted by molar-refractivity contribution is 0.110. The quantitative estimate of drug-likeness (QED) is 0.647. The average molecular weight is 415 g/mol. The lowest BCUT2D eigenvalue weighted by atomic mass is 9.82. The van der Waals surface area contributed by atoms with Crippen LogP contribution < -0.4 is 5.56 Å². The number of rotatable bonds is 5. The molecule has 2 N–H and O–H groups in total. The minimum Gasteiger partial charge on any atom is -0.396 e. The first kappa shape index (κ1) is 18.7. The van der Waals surface area contributed by atoms with Gasteiger partial charge in [-0.15, -0.1) is 0 Å². The molecule has 0 amide bonds. The molecule has 2 fully saturated rings. The van der Waals surface area contributed by atoms with Crippen LogP contribution >= 0.6 is 11.6 Å². The van der Waals surface area contributed by atoms with Gasteiger partial charge >= 0.3 is 0 Å². The maximum Gasteiger partial charge on any atom is 0.258 e. The number of aliphatic hydroxyl groups is 1. The maximum atomic E-state index is 12.4. The van der Waals surface area contributed by atoms with E-state index in [1.165, 1.54) is 4.40 Å². The number of halogens is 1. The van der Waals surface area contributed by atoms with Crippen molar-refractivity contribution in [2.45, 2.75) is 13.1 Å². The fraction of sp³-hybridized carbons (Fsp3) is 0.450. The Morgan fingerprint density at radius 1 is 1.24 bits per heavy atom. The molecule has 2 unspecified atom stereocenters. The van der Waals surface area contributed by atoms with Crippen molar-refractivity contribution in [1.29, 1.82) is 0 Å². The van der Waals surface area contributed by atoms with Crippen molar-refractivity contribution in [2.24, 2.45) is 11.3 Å². The third-order valence-corrected chi connectivity index (χ3v) is 6.45. The number of hydrogen-bond donors (Lipinski definition) is 2. The summed E-state index contributed by atoms with van der Waals surface area (Å²) in [5, 5.41) is 10.7. The summed E-state index contributed by atoms with van der Waals surface area (Å²) in [6.07, 6.45) is 5.14. The molecule has 3 aromatic heterocycles. The second-order valence-corrected chi connectivity index (χ2v) is 8.73. The Morgan fingerprint density at radius 2 is 2.03 bits per heavy atom. The Morgan fingerprint density at radius 3 is 2.72 bits per heavy atom. The molecule has 152 valence electrons. The van der Waals surface area contributed by atoms with Gasteiger partial charge < -0.3 is 10.1 Å². The van der Waals surface area contributed by atoms with Crippen LogP contribution in [-0.2, 0) is 13.1 Å². The molecule has 29 heavy (non-hydrogen) atoms. The predicted octanol–water partition coefficient (Wildman–Crippen LogP) is 0.997. The second kappa shape index (κ2) is 7.21. The van der Waals surface area contributed by atoms with E-state index in [-0.39, 0.29) is 17.6 Å². The highest BCUT2D eigenvalue weighted by Crippen LogP contribution is 2.42. The lowest BCUT2D eigenvalue weighted by Crippen LogP contribution is -2.37. The van der Waals surface area contributed by atoms with Crippen LogP contribution in [0.5, 0.6) is 0 Å². The van der Waals surface area contributed by atoms with Crippen molar-refractivity contribution in [3.63, 3.8) is 0 Å². The van der Waals surface area contributed by atoms with Crippen molar-refractivity contribution in [3.8, 4) is 0 Å². The van der Waals surface area contributed by atoms with Crippen molar-refractivity contribution >= 4 is 17.2 Å². The number of aromatic nitrogens is 4. The van der Waals surface area contributed by atoms with Gasteiger partial charge in [0.15, 0.2) is 0 Å². The number of aromatic amines is 1. The zero-order valence-corrected chi connectivity index (χ0v) is 16.7. The number of aliphatic hydroxyl groups excluding tert-OH is 1. The number of pyridine rings is 1. The van der Waals surface area contributed by atoms with E-state index in [2.05, 4.69) is 24.8 Å². The van der Waals surface area contributed by atoms with Gasteiger partial charge in [-0.1, -0.05) is 11.6 Å². The summed E-state index contributed by atoms with van der Waals surface area (Å²) in [5.41, 5.74) is 2.18. The van der Waals surface area contributed by atoms with Crippen molar-refractivity contribution in [3.05, 3.63) is 63.7 Å². The van der Waals surface area contributed by atoms with E-state index in [1.54, 1.807) is 30.7 Å². The fourth-order valence-corrected chi connectivity index (χ4v) is 5.08. The molecular formula is C20H23ClN6O2. The predicted molar refractivity (Wildman–Crippen MR) is 109 cm³/mol. The average Bonchev–Trinajstić information content (AvgIpc) is 3.38. The first-order chi connectivity index (χ1) is 14.0. The molecule has 0 radical (unpaired) electrons. The van der Waals surface area contributed by atoms with Gasteiger partial charge in [0.1, 0.15) is 5.65 Å². The Labute approximate surface area is 172 Å². The molecule has 2 atom stereocenters. The Balaban J connectivity index is 1.30. The molecule has 3 aromatic rings. The molecule has 8 nitrogen and oxygen atoms in total. The van der Waals surface area contributed by atoms with Crippen LogP contribution in [-0.4, -0.2) is 67.0 Å². The molecule has 5 rings (SSSR count). The molecule has 9 heteroatoms. The zero-order chi connectivity index (χ0) is 20.0. The molecule has 0 aliphatic carbocycles. The van der Waals surface area contributed by atoms with Crippen LogP contribution in [0.1, 0.15) is 11.4 Å². The summed E-state index contributed by atoms with van der Waals surface area (Å²) >= 11 is 5.98. The lowest BCUT2D eigenvalue weighted by Gasteiger charge is -2.27. The summed E-state index contributed by atoms with van der Waals surface area (Å²) in [6.45, 7) is 5.09. The molecule has 2 aliphatic heterocycles. The Hall–Kier alpha value is -2.26. The monoisotopic (exact) mass is 414 g/mol. The number of fused-ring (bicyclic) bond motifs is 2. The van der Waals surface area contributed by atoms with Crippen molar-refractivity contribution in [2.75, 3.05) is 32.8 Å². The van der Waals surface area contributed by atoms with Crippen molar-refractivity contribution < 1.29 is 5.11 Å². The molecule has 5 heterocycles. The molecule has 2 aliphatic rings. The zero-order valence-electron chi connectivity index (χ0n) is 16.0. The Kier molecular flexibility index (Phi) is 4.66. The SMILES string of the molecule is O=c1cc(CN2CC3CN(Cc4cnc[nH]4)CC3(CO)C2)nc2ccc(Cl)cn12. The molecule has 0 aromatic carbocycles. The van der Waals surface area contributed by atoms with Crippen LogP contribution in [0.15, 0.2) is 41.7 Å². The van der Waals surface area contributed by atoms with Gasteiger partial charge in [0.2, 0.25) is 0 Å². The minimum absolute atomic E-state index is 0.126. The van der Waals surface area contributed by atoms with Gasteiger partial charge in [-0.25, -0.2) is 9.97 Å². The number of likely N-dealkylation sites (tertiary alicyclic amines) is 2. The van der Waals surface area contributed by atoms with E-state index in [0.29, 0.717) is 23.1 Å². The van der Waals surface area contributed by atoms with Gasteiger partial charge in [0, 0.05) is 68.8 Å². The number of H-pyrrole nitrogens is 1. The number of nitrogens with zero attached hydrogens (tertiary/aromatic N) is 5. The third-order valence-electron chi connectivity index (χ3n) is 6.23. The van der Waals surface area contributed by atoms with E-state index in [0.717, 1.165) is 44.1 Å². The molecule has 0 bridgehead atoms. The molecule has 0 saturated carbocycles. The summed E-state index contributed by atoms with van der Waals surface area (Å²) in [6, 6.07) is 5.07. The summed E-state index contributed by atoms with van der Waals surface area (Å²) in [7, 11) is 0. The van der Waals surface area contributed by atoms with Crippen LogP contribution in [0.4, 0.5) is 0 Å². The van der Waals surface area contributed by atoms with E-state index in [4.69, 9.17) is 11.6 Å². The first-order valence-electron chi connectivity index (χ1n) is 9.75. The molecule has 0 spiro atoms. The number of imidazole rings is 1. The molecule has 2 saturated heterocycles. The van der Waals surface area contributed by atoms with Gasteiger partial charge in [-0.2, -0.15) is 0 Å². The highest BCUT2D eigenvalue weighted by Gasteiger charge is 2.51. The smallest absolute Gasteiger partial charge is 0.258 e. The second-order valence-electron chi connectivity index (χ2n) is 8.29. The highest BCUT2D eigenvalue weighted by atomic mass is 35.5. The highest BCUT2D eigenvalue weighted by molar-refractivity contribution is 6.30. The first-order valence-corrected chi connectivity index (χ1v) is 10.1. The van der Waals surface area contributed by atoms with E-state index in [9.17, 15) is 9.90 Å². The number of nitrogens with one attached hydrogen (secondary N) is 1. The van der Waals surface area contributed by atoms with Crippen LogP contribution in [0.3, 0.4) is 0 Å². The van der Waals surface area contributed by atoms with E-state index >= 15 is 0 Å². The van der Waals surface area contributed by atoms with Gasteiger partial charge in [0.05, 0.1) is 23.7 Å². The maximum absolute atomic E-state index is 12.4.